The number of pyridine rings is 1. The lowest BCUT2D eigenvalue weighted by atomic mass is 10.3. The summed E-state index contributed by atoms with van der Waals surface area (Å²) in [7, 11) is -1.91. The van der Waals surface area contributed by atoms with Gasteiger partial charge in [0.15, 0.2) is 0 Å². The molecule has 2 aromatic rings. The Morgan fingerprint density at radius 2 is 2.20 bits per heavy atom. The van der Waals surface area contributed by atoms with E-state index in [1.165, 1.54) is 15.6 Å². The van der Waals surface area contributed by atoms with Crippen LogP contribution in [0, 0.1) is 6.92 Å². The molecule has 5 nitrogen and oxygen atoms in total. The van der Waals surface area contributed by atoms with Crippen molar-refractivity contribution in [3.8, 4) is 0 Å². The molecule has 0 saturated carbocycles. The van der Waals surface area contributed by atoms with Crippen LogP contribution < -0.4 is 5.73 Å². The van der Waals surface area contributed by atoms with E-state index in [4.69, 9.17) is 5.73 Å². The van der Waals surface area contributed by atoms with Crippen molar-refractivity contribution in [2.75, 3.05) is 7.05 Å². The van der Waals surface area contributed by atoms with Crippen LogP contribution in [0.5, 0.6) is 0 Å². The van der Waals surface area contributed by atoms with E-state index in [1.54, 1.807) is 31.6 Å². The van der Waals surface area contributed by atoms with Crippen LogP contribution in [0.1, 0.15) is 16.0 Å². The molecule has 0 aromatic carbocycles. The van der Waals surface area contributed by atoms with E-state index < -0.39 is 10.0 Å². The highest BCUT2D eigenvalue weighted by Gasteiger charge is 2.24. The molecule has 0 bridgehead atoms. The molecule has 108 valence electrons. The first-order chi connectivity index (χ1) is 9.45. The van der Waals surface area contributed by atoms with Crippen LogP contribution in [0.3, 0.4) is 0 Å². The molecule has 0 aliphatic heterocycles. The largest absolute Gasteiger partial charge is 0.326 e. The third-order valence-electron chi connectivity index (χ3n) is 2.98. The fourth-order valence-electron chi connectivity index (χ4n) is 1.81. The molecule has 0 aliphatic rings. The Labute approximate surface area is 123 Å². The maximum atomic E-state index is 12.5. The number of rotatable bonds is 5. The first-order valence-corrected chi connectivity index (χ1v) is 8.35. The second kappa shape index (κ2) is 6.01. The summed E-state index contributed by atoms with van der Waals surface area (Å²) in [5.41, 5.74) is 7.38. The first kappa shape index (κ1) is 15.1. The highest BCUT2D eigenvalue weighted by Crippen LogP contribution is 2.28. The minimum Gasteiger partial charge on any atom is -0.326 e. The zero-order valence-corrected chi connectivity index (χ0v) is 13.0. The van der Waals surface area contributed by atoms with Crippen molar-refractivity contribution >= 4 is 21.4 Å². The van der Waals surface area contributed by atoms with Crippen LogP contribution in [0.15, 0.2) is 34.8 Å². The van der Waals surface area contributed by atoms with Crippen molar-refractivity contribution in [2.45, 2.75) is 24.2 Å². The quantitative estimate of drug-likeness (QED) is 0.912. The highest BCUT2D eigenvalue weighted by atomic mass is 32.2. The normalized spacial score (nSPS) is 12.0. The van der Waals surface area contributed by atoms with Crippen molar-refractivity contribution in [1.29, 1.82) is 0 Å². The van der Waals surface area contributed by atoms with Gasteiger partial charge in [-0.3, -0.25) is 4.98 Å². The molecule has 0 radical (unpaired) electrons. The van der Waals surface area contributed by atoms with Crippen molar-refractivity contribution < 1.29 is 8.42 Å². The highest BCUT2D eigenvalue weighted by molar-refractivity contribution is 7.91. The molecule has 0 atom stereocenters. The van der Waals surface area contributed by atoms with Crippen LogP contribution >= 0.6 is 11.3 Å². The first-order valence-electron chi connectivity index (χ1n) is 6.09. The maximum absolute atomic E-state index is 12.5. The molecular weight excluding hydrogens is 294 g/mol. The number of hydrogen-bond acceptors (Lipinski definition) is 5. The molecule has 0 aliphatic carbocycles. The van der Waals surface area contributed by atoms with Gasteiger partial charge in [-0.25, -0.2) is 8.42 Å². The summed E-state index contributed by atoms with van der Waals surface area (Å²) in [6.07, 6.45) is 3.32. The summed E-state index contributed by atoms with van der Waals surface area (Å²) in [6, 6.07) is 5.32. The second-order valence-electron chi connectivity index (χ2n) is 4.50. The van der Waals surface area contributed by atoms with Gasteiger partial charge in [-0.2, -0.15) is 4.31 Å². The van der Waals surface area contributed by atoms with Gasteiger partial charge in [0, 0.05) is 37.4 Å². The molecule has 0 amide bonds. The average molecular weight is 311 g/mol. The molecular formula is C13H17N3O2S2. The fourth-order valence-corrected chi connectivity index (χ4v) is 4.64. The molecule has 0 spiro atoms. The Hall–Kier alpha value is -1.28. The average Bonchev–Trinajstić information content (AvgIpc) is 2.81. The zero-order valence-electron chi connectivity index (χ0n) is 11.4. The minimum atomic E-state index is -3.48. The van der Waals surface area contributed by atoms with E-state index in [0.717, 1.165) is 16.0 Å². The predicted molar refractivity (Wildman–Crippen MR) is 79.8 cm³/mol. The summed E-state index contributed by atoms with van der Waals surface area (Å²) in [4.78, 5) is 4.89. The molecule has 7 heteroatoms. The van der Waals surface area contributed by atoms with Gasteiger partial charge in [0.1, 0.15) is 4.21 Å². The lowest BCUT2D eigenvalue weighted by Gasteiger charge is -2.15. The monoisotopic (exact) mass is 311 g/mol. The van der Waals surface area contributed by atoms with Gasteiger partial charge in [-0.1, -0.05) is 6.07 Å². The Kier molecular flexibility index (Phi) is 4.54. The Morgan fingerprint density at radius 3 is 2.75 bits per heavy atom. The number of aromatic nitrogens is 1. The van der Waals surface area contributed by atoms with Crippen LogP contribution in [-0.2, 0) is 23.1 Å². The summed E-state index contributed by atoms with van der Waals surface area (Å²) in [5, 5.41) is 0. The van der Waals surface area contributed by atoms with E-state index in [2.05, 4.69) is 4.98 Å². The summed E-state index contributed by atoms with van der Waals surface area (Å²) in [6.45, 7) is 2.53. The van der Waals surface area contributed by atoms with Crippen LogP contribution in [0.25, 0.3) is 0 Å². The fraction of sp³-hybridized carbons (Fsp3) is 0.308. The number of nitrogens with two attached hydrogens (primary N) is 1. The lowest BCUT2D eigenvalue weighted by molar-refractivity contribution is 0.468. The van der Waals surface area contributed by atoms with Gasteiger partial charge in [0.05, 0.1) is 0 Å². The van der Waals surface area contributed by atoms with Gasteiger partial charge in [-0.05, 0) is 30.2 Å². The number of aryl methyl sites for hydroxylation is 1. The van der Waals surface area contributed by atoms with E-state index in [-0.39, 0.29) is 0 Å². The van der Waals surface area contributed by atoms with Crippen molar-refractivity contribution in [2.24, 2.45) is 5.73 Å². The zero-order chi connectivity index (χ0) is 14.8. The minimum absolute atomic E-state index is 0.297. The third-order valence-corrected chi connectivity index (χ3v) is 6.49. The van der Waals surface area contributed by atoms with Gasteiger partial charge in [0.2, 0.25) is 0 Å². The third kappa shape index (κ3) is 3.06. The van der Waals surface area contributed by atoms with Gasteiger partial charge >= 0.3 is 0 Å². The number of thiophene rings is 1. The van der Waals surface area contributed by atoms with Crippen LogP contribution in [-0.4, -0.2) is 24.8 Å². The van der Waals surface area contributed by atoms with Crippen LogP contribution in [0.2, 0.25) is 0 Å². The lowest BCUT2D eigenvalue weighted by Crippen LogP contribution is -2.25. The topological polar surface area (TPSA) is 76.3 Å². The predicted octanol–water partition coefficient (Wildman–Crippen LogP) is 1.73. The number of nitrogens with zero attached hydrogens (tertiary/aromatic N) is 2. The van der Waals surface area contributed by atoms with Crippen molar-refractivity contribution in [1.82, 2.24) is 9.29 Å². The van der Waals surface area contributed by atoms with Gasteiger partial charge in [0.25, 0.3) is 10.0 Å². The Morgan fingerprint density at radius 1 is 1.45 bits per heavy atom. The standard InChI is InChI=1S/C13H17N3O2S2/c1-10-6-13(19-12(10)7-14)20(17,18)16(2)9-11-4-3-5-15-8-11/h3-6,8H,7,9,14H2,1-2H3. The molecule has 2 rings (SSSR count). The Bertz CT molecular complexity index is 681. The SMILES string of the molecule is Cc1cc(S(=O)(=O)N(C)Cc2cccnc2)sc1CN. The number of sulfonamides is 1. The van der Waals surface area contributed by atoms with Crippen molar-refractivity contribution in [3.05, 3.63) is 46.6 Å². The maximum Gasteiger partial charge on any atom is 0.252 e. The summed E-state index contributed by atoms with van der Waals surface area (Å²) >= 11 is 1.24. The smallest absolute Gasteiger partial charge is 0.252 e. The van der Waals surface area contributed by atoms with Crippen LogP contribution in [0.4, 0.5) is 0 Å². The summed E-state index contributed by atoms with van der Waals surface area (Å²) in [5.74, 6) is 0. The number of hydrogen-bond donors (Lipinski definition) is 1. The second-order valence-corrected chi connectivity index (χ2v) is 7.91. The van der Waals surface area contributed by atoms with E-state index in [0.29, 0.717) is 17.3 Å². The van der Waals surface area contributed by atoms with E-state index in [9.17, 15) is 8.42 Å². The molecule has 2 aromatic heterocycles. The van der Waals surface area contributed by atoms with Crippen molar-refractivity contribution in [3.63, 3.8) is 0 Å². The molecule has 20 heavy (non-hydrogen) atoms. The Balaban J connectivity index is 2.25. The van der Waals surface area contributed by atoms with E-state index >= 15 is 0 Å². The molecule has 0 saturated heterocycles. The van der Waals surface area contributed by atoms with E-state index in [1.807, 2.05) is 13.0 Å². The van der Waals surface area contributed by atoms with Gasteiger partial charge in [-0.15, -0.1) is 11.3 Å². The molecule has 0 fully saturated rings. The van der Waals surface area contributed by atoms with Gasteiger partial charge < -0.3 is 5.73 Å². The molecule has 2 heterocycles. The molecule has 2 N–H and O–H groups in total. The summed E-state index contributed by atoms with van der Waals surface area (Å²) < 4.78 is 26.7. The molecule has 0 unspecified atom stereocenters.